The summed E-state index contributed by atoms with van der Waals surface area (Å²) in [4.78, 5) is 21.4. The summed E-state index contributed by atoms with van der Waals surface area (Å²) >= 11 is 0. The minimum Gasteiger partial charge on any atom is -0.339 e. The van der Waals surface area contributed by atoms with E-state index >= 15 is 0 Å². The lowest BCUT2D eigenvalue weighted by Gasteiger charge is -2.10. The number of alkyl halides is 2. The van der Waals surface area contributed by atoms with Gasteiger partial charge in [0.25, 0.3) is 12.3 Å². The van der Waals surface area contributed by atoms with E-state index in [9.17, 15) is 13.6 Å². The Morgan fingerprint density at radius 2 is 2.10 bits per heavy atom. The standard InChI is InChI=1S/C21H21F2N5O2Si/c1-11-3-4-14(20-26-18(30-27-20)7-12(2)31)8-15(11)25-21(29)16-10-24-17-9-13(19(22)23)5-6-28(16)17/h3-6,8-10,12,19H,7H2,1-2,31H3,(H,25,29)/t12-/m0/s1. The molecule has 1 atom stereocenters. The number of nitrogens with one attached hydrogen (secondary N) is 1. The third kappa shape index (κ3) is 4.38. The summed E-state index contributed by atoms with van der Waals surface area (Å²) in [5.74, 6) is 0.649. The molecule has 160 valence electrons. The number of nitrogens with zero attached hydrogens (tertiary/aromatic N) is 4. The number of benzene rings is 1. The van der Waals surface area contributed by atoms with Crippen molar-refractivity contribution in [2.75, 3.05) is 5.32 Å². The fraction of sp³-hybridized carbons (Fsp3) is 0.238. The topological polar surface area (TPSA) is 85.3 Å². The van der Waals surface area contributed by atoms with E-state index in [0.717, 1.165) is 27.8 Å². The number of amides is 1. The highest BCUT2D eigenvalue weighted by Gasteiger charge is 2.17. The number of hydrogen-bond donors (Lipinski definition) is 1. The Labute approximate surface area is 179 Å². The van der Waals surface area contributed by atoms with Crippen LogP contribution >= 0.6 is 0 Å². The van der Waals surface area contributed by atoms with Crippen LogP contribution in [0.15, 0.2) is 47.2 Å². The molecule has 1 amide bonds. The first-order chi connectivity index (χ1) is 14.8. The van der Waals surface area contributed by atoms with Crippen LogP contribution in [0.1, 0.15) is 40.9 Å². The lowest BCUT2D eigenvalue weighted by atomic mass is 10.1. The number of carbonyl (C=O) groups excluding carboxylic acids is 1. The van der Waals surface area contributed by atoms with Crippen LogP contribution in [0.3, 0.4) is 0 Å². The third-order valence-corrected chi connectivity index (χ3v) is 5.23. The summed E-state index contributed by atoms with van der Waals surface area (Å²) in [6.07, 6.45) is 0.925. The van der Waals surface area contributed by atoms with Gasteiger partial charge in [0.1, 0.15) is 11.3 Å². The first-order valence-electron chi connectivity index (χ1n) is 9.82. The van der Waals surface area contributed by atoms with Gasteiger partial charge in [-0.1, -0.05) is 24.2 Å². The number of imidazole rings is 1. The minimum atomic E-state index is -2.60. The average Bonchev–Trinajstić information content (AvgIpc) is 3.35. The van der Waals surface area contributed by atoms with Crippen LogP contribution in [-0.2, 0) is 6.42 Å². The van der Waals surface area contributed by atoms with Crippen LogP contribution in [0.4, 0.5) is 14.5 Å². The van der Waals surface area contributed by atoms with Gasteiger partial charge in [-0.3, -0.25) is 9.20 Å². The van der Waals surface area contributed by atoms with Crippen molar-refractivity contribution in [2.24, 2.45) is 0 Å². The zero-order valence-electron chi connectivity index (χ0n) is 17.3. The van der Waals surface area contributed by atoms with Gasteiger partial charge in [0.15, 0.2) is 0 Å². The molecule has 3 aromatic heterocycles. The molecule has 31 heavy (non-hydrogen) atoms. The van der Waals surface area contributed by atoms with E-state index in [4.69, 9.17) is 4.52 Å². The number of carbonyl (C=O) groups is 1. The number of halogens is 2. The average molecular weight is 442 g/mol. The van der Waals surface area contributed by atoms with E-state index < -0.39 is 12.3 Å². The maximum atomic E-state index is 12.9. The molecular weight excluding hydrogens is 420 g/mol. The van der Waals surface area contributed by atoms with Crippen LogP contribution in [0.5, 0.6) is 0 Å². The molecule has 0 saturated heterocycles. The molecule has 0 aliphatic rings. The molecule has 3 heterocycles. The van der Waals surface area contributed by atoms with Gasteiger partial charge in [0.2, 0.25) is 11.7 Å². The van der Waals surface area contributed by atoms with Gasteiger partial charge in [-0.05, 0) is 36.2 Å². The molecule has 7 nitrogen and oxygen atoms in total. The molecule has 4 rings (SSSR count). The zero-order chi connectivity index (χ0) is 22.1. The number of fused-ring (bicyclic) bond motifs is 1. The van der Waals surface area contributed by atoms with Crippen molar-refractivity contribution >= 4 is 27.5 Å². The Balaban J connectivity index is 1.59. The molecule has 0 unspecified atom stereocenters. The first-order valence-corrected chi connectivity index (χ1v) is 11.0. The van der Waals surface area contributed by atoms with Gasteiger partial charge in [0.05, 0.1) is 6.20 Å². The predicted molar refractivity (Wildman–Crippen MR) is 116 cm³/mol. The number of hydrogen-bond acceptors (Lipinski definition) is 5. The third-order valence-electron chi connectivity index (χ3n) is 4.82. The number of pyridine rings is 1. The van der Waals surface area contributed by atoms with E-state index in [1.165, 1.54) is 28.9 Å². The summed E-state index contributed by atoms with van der Waals surface area (Å²) in [6, 6.07) is 8.05. The Morgan fingerprint density at radius 1 is 1.29 bits per heavy atom. The van der Waals surface area contributed by atoms with Gasteiger partial charge < -0.3 is 9.84 Å². The second-order valence-electron chi connectivity index (χ2n) is 7.73. The Morgan fingerprint density at radius 3 is 2.84 bits per heavy atom. The van der Waals surface area contributed by atoms with E-state index in [-0.39, 0.29) is 16.9 Å². The minimum absolute atomic E-state index is 0.145. The Hall–Kier alpha value is -3.40. The molecule has 0 radical (unpaired) electrons. The van der Waals surface area contributed by atoms with Gasteiger partial charge in [-0.2, -0.15) is 4.98 Å². The van der Waals surface area contributed by atoms with Crippen molar-refractivity contribution in [3.05, 3.63) is 65.4 Å². The Kier molecular flexibility index (Phi) is 5.64. The Bertz CT molecular complexity index is 1250. The van der Waals surface area contributed by atoms with Crippen molar-refractivity contribution in [2.45, 2.75) is 32.2 Å². The van der Waals surface area contributed by atoms with Crippen molar-refractivity contribution in [3.8, 4) is 11.4 Å². The molecule has 0 fully saturated rings. The molecule has 1 aromatic carbocycles. The quantitative estimate of drug-likeness (QED) is 0.462. The van der Waals surface area contributed by atoms with Crippen molar-refractivity contribution < 1.29 is 18.1 Å². The van der Waals surface area contributed by atoms with Crippen LogP contribution in [-0.4, -0.2) is 35.7 Å². The van der Waals surface area contributed by atoms with Crippen LogP contribution in [0.25, 0.3) is 17.0 Å². The highest BCUT2D eigenvalue weighted by atomic mass is 28.1. The molecule has 10 heteroatoms. The molecule has 0 saturated carbocycles. The molecule has 0 bridgehead atoms. The number of aromatic nitrogens is 4. The van der Waals surface area contributed by atoms with Crippen LogP contribution < -0.4 is 5.32 Å². The van der Waals surface area contributed by atoms with E-state index in [1.807, 2.05) is 19.1 Å². The molecule has 0 aliphatic carbocycles. The monoisotopic (exact) mass is 441 g/mol. The van der Waals surface area contributed by atoms with E-state index in [0.29, 0.717) is 22.9 Å². The fourth-order valence-electron chi connectivity index (χ4n) is 3.19. The number of anilines is 1. The largest absolute Gasteiger partial charge is 0.339 e. The van der Waals surface area contributed by atoms with Crippen molar-refractivity contribution in [3.63, 3.8) is 0 Å². The molecular formula is C21H21F2N5O2Si. The second kappa shape index (κ2) is 8.38. The van der Waals surface area contributed by atoms with Crippen molar-refractivity contribution in [1.29, 1.82) is 0 Å². The summed E-state index contributed by atoms with van der Waals surface area (Å²) in [5.41, 5.74) is 3.06. The second-order valence-corrected chi connectivity index (χ2v) is 9.70. The highest BCUT2D eigenvalue weighted by molar-refractivity contribution is 6.11. The molecule has 1 N–H and O–H groups in total. The van der Waals surface area contributed by atoms with Gasteiger partial charge in [-0.25, -0.2) is 13.8 Å². The maximum absolute atomic E-state index is 12.9. The lowest BCUT2D eigenvalue weighted by molar-refractivity contribution is 0.102. The SMILES string of the molecule is Cc1ccc(-c2noc(C[C@H](C)[SiH3])n2)cc1NC(=O)c1cnc2cc(C(F)F)ccn12. The van der Waals surface area contributed by atoms with Gasteiger partial charge in [0, 0.05) is 39.7 Å². The summed E-state index contributed by atoms with van der Waals surface area (Å²) < 4.78 is 32.6. The fourth-order valence-corrected chi connectivity index (χ4v) is 3.54. The molecule has 4 aromatic rings. The smallest absolute Gasteiger partial charge is 0.274 e. The highest BCUT2D eigenvalue weighted by Crippen LogP contribution is 2.25. The van der Waals surface area contributed by atoms with Crippen molar-refractivity contribution in [1.82, 2.24) is 19.5 Å². The van der Waals surface area contributed by atoms with Gasteiger partial charge >= 0.3 is 0 Å². The molecule has 0 spiro atoms. The van der Waals surface area contributed by atoms with Gasteiger partial charge in [-0.15, -0.1) is 0 Å². The van der Waals surface area contributed by atoms with E-state index in [2.05, 4.69) is 27.4 Å². The lowest BCUT2D eigenvalue weighted by Crippen LogP contribution is -2.15. The predicted octanol–water partition coefficient (Wildman–Crippen LogP) is 3.60. The summed E-state index contributed by atoms with van der Waals surface area (Å²) in [7, 11) is 1.04. The zero-order valence-corrected chi connectivity index (χ0v) is 19.3. The first kappa shape index (κ1) is 20.9. The molecule has 0 aliphatic heterocycles. The normalized spacial score (nSPS) is 12.5. The van der Waals surface area contributed by atoms with Crippen LogP contribution in [0.2, 0.25) is 5.54 Å². The number of aryl methyl sites for hydroxylation is 1. The maximum Gasteiger partial charge on any atom is 0.274 e. The van der Waals surface area contributed by atoms with E-state index in [1.54, 1.807) is 6.07 Å². The number of rotatable bonds is 6. The van der Waals surface area contributed by atoms with Crippen LogP contribution in [0, 0.1) is 6.92 Å². The summed E-state index contributed by atoms with van der Waals surface area (Å²) in [6.45, 7) is 4.00. The summed E-state index contributed by atoms with van der Waals surface area (Å²) in [5, 5.41) is 6.91.